The first-order chi connectivity index (χ1) is 9.04. The molecule has 0 spiro atoms. The van der Waals surface area contributed by atoms with E-state index >= 15 is 0 Å². The van der Waals surface area contributed by atoms with Gasteiger partial charge in [-0.1, -0.05) is 24.3 Å². The average molecular weight is 278 g/mol. The predicted molar refractivity (Wildman–Crippen MR) is 77.5 cm³/mol. The van der Waals surface area contributed by atoms with Crippen LogP contribution in [0.2, 0.25) is 0 Å². The van der Waals surface area contributed by atoms with Crippen molar-refractivity contribution >= 4 is 20.7 Å². The number of hydrogen-bond donors (Lipinski definition) is 1. The molecule has 0 aliphatic rings. The van der Waals surface area contributed by atoms with Crippen LogP contribution in [0.15, 0.2) is 36.5 Å². The summed E-state index contributed by atoms with van der Waals surface area (Å²) in [5.74, 6) is 0.0164. The first-order valence-corrected chi connectivity index (χ1v) is 8.00. The van der Waals surface area contributed by atoms with E-state index in [2.05, 4.69) is 4.98 Å². The molecule has 1 heterocycles. The molecular formula is C14H18N2O2S. The Kier molecular flexibility index (Phi) is 4.17. The summed E-state index contributed by atoms with van der Waals surface area (Å²) >= 11 is 0. The van der Waals surface area contributed by atoms with Gasteiger partial charge in [-0.25, -0.2) is 8.42 Å². The molecule has 1 unspecified atom stereocenters. The molecule has 0 fully saturated rings. The minimum absolute atomic E-state index is 0.0164. The lowest BCUT2D eigenvalue weighted by atomic mass is 10.1. The van der Waals surface area contributed by atoms with Crippen LogP contribution in [0, 0.1) is 0 Å². The number of fused-ring (bicyclic) bond motifs is 1. The molecule has 0 aliphatic heterocycles. The molecule has 5 heteroatoms. The molecule has 2 N–H and O–H groups in total. The quantitative estimate of drug-likeness (QED) is 0.906. The third-order valence-electron chi connectivity index (χ3n) is 3.26. The molecule has 1 aromatic heterocycles. The number of benzene rings is 1. The van der Waals surface area contributed by atoms with E-state index in [1.54, 1.807) is 13.1 Å². The summed E-state index contributed by atoms with van der Waals surface area (Å²) in [5, 5.41) is 0.540. The van der Waals surface area contributed by atoms with Crippen molar-refractivity contribution in [2.75, 3.05) is 6.54 Å². The third kappa shape index (κ3) is 3.11. The van der Waals surface area contributed by atoms with Gasteiger partial charge >= 0.3 is 0 Å². The number of sulfone groups is 1. The fourth-order valence-electron chi connectivity index (χ4n) is 2.06. The SMILES string of the molecule is CC(CCN)S(=O)(=O)Cc1cccc2cccnc12. The Hall–Kier alpha value is -1.46. The Balaban J connectivity index is 2.36. The van der Waals surface area contributed by atoms with Gasteiger partial charge in [0.05, 0.1) is 16.5 Å². The normalized spacial score (nSPS) is 13.6. The maximum atomic E-state index is 12.3. The lowest BCUT2D eigenvalue weighted by molar-refractivity contribution is 0.577. The zero-order chi connectivity index (χ0) is 13.9. The first-order valence-electron chi connectivity index (χ1n) is 6.29. The van der Waals surface area contributed by atoms with Crippen molar-refractivity contribution in [3.63, 3.8) is 0 Å². The Morgan fingerprint density at radius 1 is 1.26 bits per heavy atom. The number of hydrogen-bond acceptors (Lipinski definition) is 4. The van der Waals surface area contributed by atoms with Crippen molar-refractivity contribution in [1.29, 1.82) is 0 Å². The maximum Gasteiger partial charge on any atom is 0.157 e. The molecule has 0 aliphatic carbocycles. The molecule has 0 amide bonds. The van der Waals surface area contributed by atoms with Crippen LogP contribution < -0.4 is 5.73 Å². The fraction of sp³-hybridized carbons (Fsp3) is 0.357. The summed E-state index contributed by atoms with van der Waals surface area (Å²) < 4.78 is 24.5. The monoisotopic (exact) mass is 278 g/mol. The topological polar surface area (TPSA) is 73.1 Å². The second-order valence-electron chi connectivity index (χ2n) is 4.69. The van der Waals surface area contributed by atoms with Crippen LogP contribution in [-0.2, 0) is 15.6 Å². The second-order valence-corrected chi connectivity index (χ2v) is 7.11. The molecule has 0 radical (unpaired) electrons. The highest BCUT2D eigenvalue weighted by Gasteiger charge is 2.21. The highest BCUT2D eigenvalue weighted by atomic mass is 32.2. The zero-order valence-corrected chi connectivity index (χ0v) is 11.7. The van der Waals surface area contributed by atoms with Crippen LogP contribution in [-0.4, -0.2) is 25.2 Å². The molecule has 19 heavy (non-hydrogen) atoms. The molecular weight excluding hydrogens is 260 g/mol. The molecule has 0 bridgehead atoms. The van der Waals surface area contributed by atoms with E-state index < -0.39 is 15.1 Å². The van der Waals surface area contributed by atoms with Gasteiger partial charge in [-0.15, -0.1) is 0 Å². The molecule has 2 rings (SSSR count). The Labute approximate surface area is 113 Å². The van der Waals surface area contributed by atoms with E-state index in [-0.39, 0.29) is 5.75 Å². The summed E-state index contributed by atoms with van der Waals surface area (Å²) in [7, 11) is -3.19. The van der Waals surface area contributed by atoms with Gasteiger partial charge in [-0.3, -0.25) is 4.98 Å². The zero-order valence-electron chi connectivity index (χ0n) is 10.9. The van der Waals surface area contributed by atoms with Crippen LogP contribution in [0.5, 0.6) is 0 Å². The van der Waals surface area contributed by atoms with Crippen molar-refractivity contribution in [1.82, 2.24) is 4.98 Å². The molecule has 1 aromatic carbocycles. The van der Waals surface area contributed by atoms with Crippen LogP contribution in [0.1, 0.15) is 18.9 Å². The number of aromatic nitrogens is 1. The summed E-state index contributed by atoms with van der Waals surface area (Å²) in [6.07, 6.45) is 2.17. The number of pyridine rings is 1. The van der Waals surface area contributed by atoms with Gasteiger partial charge in [0.25, 0.3) is 0 Å². The molecule has 4 nitrogen and oxygen atoms in total. The lowest BCUT2D eigenvalue weighted by Gasteiger charge is -2.12. The van der Waals surface area contributed by atoms with Gasteiger partial charge in [0.15, 0.2) is 9.84 Å². The largest absolute Gasteiger partial charge is 0.330 e. The van der Waals surface area contributed by atoms with Crippen LogP contribution in [0.25, 0.3) is 10.9 Å². The van der Waals surface area contributed by atoms with E-state index in [0.29, 0.717) is 13.0 Å². The first kappa shape index (κ1) is 14.0. The van der Waals surface area contributed by atoms with Crippen molar-refractivity contribution in [3.05, 3.63) is 42.1 Å². The lowest BCUT2D eigenvalue weighted by Crippen LogP contribution is -2.23. The van der Waals surface area contributed by atoms with Crippen molar-refractivity contribution < 1.29 is 8.42 Å². The standard InChI is InChI=1S/C14H18N2O2S/c1-11(7-8-15)19(17,18)10-13-5-2-4-12-6-3-9-16-14(12)13/h2-6,9,11H,7-8,10,15H2,1H3. The maximum absolute atomic E-state index is 12.3. The molecule has 1 atom stereocenters. The predicted octanol–water partition coefficient (Wildman–Crippen LogP) is 1.89. The molecule has 2 aromatic rings. The van der Waals surface area contributed by atoms with Gasteiger partial charge in [-0.2, -0.15) is 0 Å². The summed E-state index contributed by atoms with van der Waals surface area (Å²) in [6, 6.07) is 9.39. The Bertz CT molecular complexity index is 663. The number of para-hydroxylation sites is 1. The van der Waals surface area contributed by atoms with Crippen LogP contribution in [0.4, 0.5) is 0 Å². The summed E-state index contributed by atoms with van der Waals surface area (Å²) in [4.78, 5) is 4.28. The fourth-order valence-corrected chi connectivity index (χ4v) is 3.50. The highest BCUT2D eigenvalue weighted by molar-refractivity contribution is 7.91. The number of nitrogens with two attached hydrogens (primary N) is 1. The Morgan fingerprint density at radius 3 is 2.74 bits per heavy atom. The summed E-state index contributed by atoms with van der Waals surface area (Å²) in [6.45, 7) is 2.09. The van der Waals surface area contributed by atoms with Crippen LogP contribution in [0.3, 0.4) is 0 Å². The second kappa shape index (κ2) is 5.67. The van der Waals surface area contributed by atoms with E-state index in [1.165, 1.54) is 0 Å². The highest BCUT2D eigenvalue weighted by Crippen LogP contribution is 2.20. The summed E-state index contributed by atoms with van der Waals surface area (Å²) in [5.41, 5.74) is 6.94. The van der Waals surface area contributed by atoms with E-state index in [9.17, 15) is 8.42 Å². The minimum atomic E-state index is -3.19. The minimum Gasteiger partial charge on any atom is -0.330 e. The van der Waals surface area contributed by atoms with Gasteiger partial charge in [0.1, 0.15) is 0 Å². The smallest absolute Gasteiger partial charge is 0.157 e. The van der Waals surface area contributed by atoms with Crippen molar-refractivity contribution in [2.24, 2.45) is 5.73 Å². The third-order valence-corrected chi connectivity index (χ3v) is 5.43. The van der Waals surface area contributed by atoms with Crippen molar-refractivity contribution in [3.8, 4) is 0 Å². The number of nitrogens with zero attached hydrogens (tertiary/aromatic N) is 1. The van der Waals surface area contributed by atoms with E-state index in [4.69, 9.17) is 5.73 Å². The van der Waals surface area contributed by atoms with Crippen molar-refractivity contribution in [2.45, 2.75) is 24.3 Å². The Morgan fingerprint density at radius 2 is 2.00 bits per heavy atom. The average Bonchev–Trinajstić information content (AvgIpc) is 2.39. The molecule has 102 valence electrons. The van der Waals surface area contributed by atoms with E-state index in [1.807, 2.05) is 30.3 Å². The number of rotatable bonds is 5. The van der Waals surface area contributed by atoms with Gasteiger partial charge in [-0.05, 0) is 31.5 Å². The van der Waals surface area contributed by atoms with E-state index in [0.717, 1.165) is 16.5 Å². The van der Waals surface area contributed by atoms with Gasteiger partial charge < -0.3 is 5.73 Å². The molecule has 0 saturated heterocycles. The van der Waals surface area contributed by atoms with Gasteiger partial charge in [0.2, 0.25) is 0 Å². The van der Waals surface area contributed by atoms with Gasteiger partial charge in [0, 0.05) is 11.6 Å². The molecule has 0 saturated carbocycles. The van der Waals surface area contributed by atoms with Crippen LogP contribution >= 0.6 is 0 Å².